The van der Waals surface area contributed by atoms with Gasteiger partial charge in [-0.05, 0) is 12.8 Å². The van der Waals surface area contributed by atoms with Gasteiger partial charge in [-0.3, -0.25) is 18.6 Å². The maximum absolute atomic E-state index is 12.8. The molecule has 0 amide bonds. The van der Waals surface area contributed by atoms with E-state index in [9.17, 15) is 24.2 Å². The summed E-state index contributed by atoms with van der Waals surface area (Å²) in [6.45, 7) is 2.52. The van der Waals surface area contributed by atoms with Crippen molar-refractivity contribution in [2.75, 3.05) is 26.4 Å². The van der Waals surface area contributed by atoms with Crippen molar-refractivity contribution in [3.05, 3.63) is 0 Å². The minimum atomic E-state index is -4.63. The number of phosphoric ester groups is 1. The van der Waals surface area contributed by atoms with Gasteiger partial charge in [-0.2, -0.15) is 0 Å². The number of hydrogen-bond donors (Lipinski definition) is 3. The summed E-state index contributed by atoms with van der Waals surface area (Å²) in [7, 11) is -4.63. The summed E-state index contributed by atoms with van der Waals surface area (Å²) in [4.78, 5) is 35.6. The molecule has 0 aliphatic carbocycles. The molecule has 3 atom stereocenters. The van der Waals surface area contributed by atoms with E-state index in [1.807, 2.05) is 0 Å². The first-order valence-corrected chi connectivity index (χ1v) is 43.5. The molecule has 11 heteroatoms. The van der Waals surface area contributed by atoms with E-state index in [0.717, 1.165) is 32.1 Å². The van der Waals surface area contributed by atoms with Crippen molar-refractivity contribution in [2.24, 2.45) is 0 Å². The summed E-state index contributed by atoms with van der Waals surface area (Å²) in [6.07, 6.45) is 93.3. The van der Waals surface area contributed by atoms with Crippen LogP contribution >= 0.6 is 7.82 Å². The number of unbranched alkanes of at least 4 members (excludes halogenated alkanes) is 68. The van der Waals surface area contributed by atoms with Crippen LogP contribution in [-0.2, 0) is 32.7 Å². The van der Waals surface area contributed by atoms with Gasteiger partial charge in [0.05, 0.1) is 19.8 Å². The number of esters is 2. The quantitative estimate of drug-likeness (QED) is 0.0305. The maximum Gasteiger partial charge on any atom is 0.472 e. The Balaban J connectivity index is 3.80. The minimum absolute atomic E-state index is 0.194. The Morgan fingerprint density at radius 2 is 0.462 bits per heavy atom. The van der Waals surface area contributed by atoms with Crippen LogP contribution in [0.5, 0.6) is 0 Å². The zero-order valence-corrected chi connectivity index (χ0v) is 63.4. The first kappa shape index (κ1) is 92.0. The van der Waals surface area contributed by atoms with Crippen molar-refractivity contribution >= 4 is 19.8 Å². The van der Waals surface area contributed by atoms with Crippen molar-refractivity contribution < 1.29 is 47.8 Å². The van der Waals surface area contributed by atoms with Crippen molar-refractivity contribution in [3.63, 3.8) is 0 Å². The monoisotopic (exact) mass is 1340 g/mol. The highest BCUT2D eigenvalue weighted by molar-refractivity contribution is 7.47. The minimum Gasteiger partial charge on any atom is -0.462 e. The zero-order chi connectivity index (χ0) is 67.4. The molecule has 0 spiro atoms. The van der Waals surface area contributed by atoms with Gasteiger partial charge >= 0.3 is 19.8 Å². The second-order valence-corrected chi connectivity index (χ2v) is 30.7. The molecule has 0 saturated heterocycles. The fourth-order valence-electron chi connectivity index (χ4n) is 13.4. The second-order valence-electron chi connectivity index (χ2n) is 29.2. The van der Waals surface area contributed by atoms with Gasteiger partial charge in [0, 0.05) is 12.8 Å². The number of aliphatic hydroxyl groups is 2. The lowest BCUT2D eigenvalue weighted by Crippen LogP contribution is -2.29. The molecule has 10 nitrogen and oxygen atoms in total. The average Bonchev–Trinajstić information content (AvgIpc) is 2.38. The van der Waals surface area contributed by atoms with Crippen LogP contribution in [0.15, 0.2) is 0 Å². The van der Waals surface area contributed by atoms with Gasteiger partial charge in [-0.25, -0.2) is 4.57 Å². The predicted molar refractivity (Wildman–Crippen MR) is 399 cm³/mol. The summed E-state index contributed by atoms with van der Waals surface area (Å²) in [5.41, 5.74) is 0. The van der Waals surface area contributed by atoms with Gasteiger partial charge in [0.1, 0.15) is 12.7 Å². The Hall–Kier alpha value is -1.03. The molecular formula is C82H163O10P. The van der Waals surface area contributed by atoms with Crippen molar-refractivity contribution in [1.29, 1.82) is 0 Å². The molecule has 0 aromatic heterocycles. The summed E-state index contributed by atoms with van der Waals surface area (Å²) >= 11 is 0. The van der Waals surface area contributed by atoms with Gasteiger partial charge in [0.2, 0.25) is 0 Å². The Morgan fingerprint density at radius 3 is 0.667 bits per heavy atom. The normalized spacial score (nSPS) is 13.0. The zero-order valence-electron chi connectivity index (χ0n) is 62.5. The smallest absolute Gasteiger partial charge is 0.462 e. The van der Waals surface area contributed by atoms with Crippen molar-refractivity contribution in [1.82, 2.24) is 0 Å². The van der Waals surface area contributed by atoms with Crippen LogP contribution in [0.25, 0.3) is 0 Å². The standard InChI is InChI=1S/C82H163O10P/c1-3-5-7-9-11-13-15-17-19-21-23-25-27-29-31-33-35-37-39-41-43-45-47-49-51-53-55-57-59-61-63-65-67-69-71-73-81(85)89-77-80(78-91-93(87,88)90-76-79(84)75-83)92-82(86)74-72-70-68-66-64-62-60-58-56-54-52-50-48-46-44-42-40-38-36-34-32-30-28-26-24-22-20-18-16-14-12-10-8-6-4-2/h79-80,83-84H,3-78H2,1-2H3,(H,87,88)/t79-,80+/m0/s1. The molecule has 3 N–H and O–H groups in total. The van der Waals surface area contributed by atoms with Crippen LogP contribution in [0.1, 0.15) is 476 Å². The van der Waals surface area contributed by atoms with E-state index in [2.05, 4.69) is 13.8 Å². The third-order valence-corrected chi connectivity index (χ3v) is 20.7. The van der Waals surface area contributed by atoms with E-state index in [-0.39, 0.29) is 19.4 Å². The Kier molecular flexibility index (Phi) is 77.4. The van der Waals surface area contributed by atoms with E-state index in [1.165, 1.54) is 405 Å². The van der Waals surface area contributed by atoms with Gasteiger partial charge in [-0.15, -0.1) is 0 Å². The van der Waals surface area contributed by atoms with E-state index in [1.54, 1.807) is 0 Å². The van der Waals surface area contributed by atoms with Crippen molar-refractivity contribution in [2.45, 2.75) is 488 Å². The third kappa shape index (κ3) is 78.2. The molecule has 0 fully saturated rings. The first-order chi connectivity index (χ1) is 45.7. The molecule has 1 unspecified atom stereocenters. The fraction of sp³-hybridized carbons (Fsp3) is 0.976. The number of carbonyl (C=O) groups excluding carboxylic acids is 2. The molecule has 93 heavy (non-hydrogen) atoms. The largest absolute Gasteiger partial charge is 0.472 e. The van der Waals surface area contributed by atoms with E-state index < -0.39 is 51.8 Å². The first-order valence-electron chi connectivity index (χ1n) is 42.0. The van der Waals surface area contributed by atoms with Crippen LogP contribution in [0.4, 0.5) is 0 Å². The molecule has 0 saturated carbocycles. The van der Waals surface area contributed by atoms with Crippen molar-refractivity contribution in [3.8, 4) is 0 Å². The lowest BCUT2D eigenvalue weighted by atomic mass is 10.0. The molecule has 556 valence electrons. The van der Waals surface area contributed by atoms with E-state index in [4.69, 9.17) is 23.6 Å². The van der Waals surface area contributed by atoms with Gasteiger partial charge in [0.25, 0.3) is 0 Å². The lowest BCUT2D eigenvalue weighted by Gasteiger charge is -2.20. The Labute approximate surface area is 579 Å². The highest BCUT2D eigenvalue weighted by Gasteiger charge is 2.27. The van der Waals surface area contributed by atoms with Gasteiger partial charge in [0.15, 0.2) is 6.10 Å². The average molecular weight is 1340 g/mol. The molecule has 0 heterocycles. The number of phosphoric acid groups is 1. The second kappa shape index (κ2) is 78.3. The number of carbonyl (C=O) groups is 2. The molecule has 0 bridgehead atoms. The fourth-order valence-corrected chi connectivity index (χ4v) is 14.2. The number of hydrogen-bond acceptors (Lipinski definition) is 9. The van der Waals surface area contributed by atoms with Crippen LogP contribution in [0.2, 0.25) is 0 Å². The molecule has 0 aromatic rings. The summed E-state index contributed by atoms with van der Waals surface area (Å²) in [5, 5.41) is 18.6. The number of aliphatic hydroxyl groups excluding tert-OH is 2. The Morgan fingerprint density at radius 1 is 0.280 bits per heavy atom. The summed E-state index contributed by atoms with van der Waals surface area (Å²) in [6, 6.07) is 0. The van der Waals surface area contributed by atoms with Crippen LogP contribution < -0.4 is 0 Å². The summed E-state index contributed by atoms with van der Waals surface area (Å²) in [5.74, 6) is -0.889. The van der Waals surface area contributed by atoms with Gasteiger partial charge < -0.3 is 24.6 Å². The maximum atomic E-state index is 12.8. The highest BCUT2D eigenvalue weighted by Crippen LogP contribution is 2.43. The predicted octanol–water partition coefficient (Wildman–Crippen LogP) is 27.1. The topological polar surface area (TPSA) is 149 Å². The molecule has 0 aliphatic rings. The SMILES string of the molecule is CCCCCCCCCCCCCCCCCCCCCCCCCCCCCCCCCCCCCC(=O)OC[C@H](COP(=O)(O)OC[C@@H](O)CO)OC(=O)CCCCCCCCCCCCCCCCCCCCCCCCCCCCCCCCCCCCC. The molecule has 0 radical (unpaired) electrons. The van der Waals surface area contributed by atoms with Gasteiger partial charge in [-0.1, -0.05) is 450 Å². The van der Waals surface area contributed by atoms with Crippen LogP contribution in [0.3, 0.4) is 0 Å². The van der Waals surface area contributed by atoms with Crippen LogP contribution in [-0.4, -0.2) is 65.7 Å². The molecular weight excluding hydrogens is 1180 g/mol. The Bertz CT molecular complexity index is 1500. The number of ether oxygens (including phenoxy) is 2. The molecule has 0 aromatic carbocycles. The lowest BCUT2D eigenvalue weighted by molar-refractivity contribution is -0.161. The highest BCUT2D eigenvalue weighted by atomic mass is 31.2. The summed E-state index contributed by atoms with van der Waals surface area (Å²) < 4.78 is 33.3. The molecule has 0 rings (SSSR count). The van der Waals surface area contributed by atoms with E-state index in [0.29, 0.717) is 12.8 Å². The van der Waals surface area contributed by atoms with E-state index >= 15 is 0 Å². The molecule has 0 aliphatic heterocycles. The van der Waals surface area contributed by atoms with Crippen LogP contribution in [0, 0.1) is 0 Å². The third-order valence-electron chi connectivity index (χ3n) is 19.8. The number of rotatable bonds is 82.